The summed E-state index contributed by atoms with van der Waals surface area (Å²) in [5.41, 5.74) is 3.21. The number of methoxy groups -OCH3 is 1. The van der Waals surface area contributed by atoms with E-state index in [2.05, 4.69) is 0 Å². The maximum Gasteiger partial charge on any atom is 0.255 e. The van der Waals surface area contributed by atoms with Gasteiger partial charge in [0.05, 0.1) is 7.11 Å². The van der Waals surface area contributed by atoms with Crippen LogP contribution in [0.1, 0.15) is 22.8 Å². The molecular formula is C24H23NO3. The van der Waals surface area contributed by atoms with Gasteiger partial charge in [-0.1, -0.05) is 72.8 Å². The Morgan fingerprint density at radius 1 is 0.857 bits per heavy atom. The largest absolute Gasteiger partial charge is 0.497 e. The number of rotatable bonds is 7. The van der Waals surface area contributed by atoms with E-state index in [4.69, 9.17) is 9.47 Å². The molecule has 4 heteroatoms. The SMILES string of the molecule is COc1ccc([C@@H]2O[C@H]2C(=O)N(Cc2ccccc2)Cc2ccccc2)cc1. The molecule has 0 bridgehead atoms. The second kappa shape index (κ2) is 8.28. The Morgan fingerprint density at radius 3 is 1.89 bits per heavy atom. The molecule has 4 rings (SSSR count). The molecule has 1 saturated heterocycles. The number of hydrogen-bond acceptors (Lipinski definition) is 3. The van der Waals surface area contributed by atoms with E-state index in [1.54, 1.807) is 7.11 Å². The predicted octanol–water partition coefficient (Wildman–Crippen LogP) is 4.36. The topological polar surface area (TPSA) is 42.1 Å². The molecular weight excluding hydrogens is 350 g/mol. The molecule has 1 heterocycles. The van der Waals surface area contributed by atoms with Crippen molar-refractivity contribution in [1.29, 1.82) is 0 Å². The average Bonchev–Trinajstić information content (AvgIpc) is 3.55. The Balaban J connectivity index is 1.49. The molecule has 2 atom stereocenters. The van der Waals surface area contributed by atoms with Crippen molar-refractivity contribution in [2.24, 2.45) is 0 Å². The summed E-state index contributed by atoms with van der Waals surface area (Å²) in [5.74, 6) is 0.815. The highest BCUT2D eigenvalue weighted by Gasteiger charge is 2.47. The Hall–Kier alpha value is -3.11. The second-order valence-corrected chi connectivity index (χ2v) is 6.92. The fourth-order valence-electron chi connectivity index (χ4n) is 3.35. The monoisotopic (exact) mass is 373 g/mol. The number of epoxide rings is 1. The van der Waals surface area contributed by atoms with E-state index >= 15 is 0 Å². The molecule has 1 fully saturated rings. The van der Waals surface area contributed by atoms with E-state index in [0.717, 1.165) is 22.4 Å². The van der Waals surface area contributed by atoms with Gasteiger partial charge < -0.3 is 14.4 Å². The maximum atomic E-state index is 13.2. The van der Waals surface area contributed by atoms with Crippen molar-refractivity contribution < 1.29 is 14.3 Å². The van der Waals surface area contributed by atoms with Crippen molar-refractivity contribution in [2.45, 2.75) is 25.3 Å². The van der Waals surface area contributed by atoms with Crippen LogP contribution in [0.3, 0.4) is 0 Å². The zero-order chi connectivity index (χ0) is 19.3. The first kappa shape index (κ1) is 18.3. The van der Waals surface area contributed by atoms with Crippen molar-refractivity contribution in [3.63, 3.8) is 0 Å². The van der Waals surface area contributed by atoms with Crippen LogP contribution in [0.4, 0.5) is 0 Å². The number of carbonyl (C=O) groups is 1. The smallest absolute Gasteiger partial charge is 0.255 e. The zero-order valence-electron chi connectivity index (χ0n) is 15.8. The van der Waals surface area contributed by atoms with Crippen LogP contribution in [0.2, 0.25) is 0 Å². The molecule has 0 N–H and O–H groups in total. The first-order chi connectivity index (χ1) is 13.7. The van der Waals surface area contributed by atoms with Crippen molar-refractivity contribution in [1.82, 2.24) is 4.90 Å². The number of benzene rings is 3. The summed E-state index contributed by atoms with van der Waals surface area (Å²) in [6.45, 7) is 1.12. The third-order valence-corrected chi connectivity index (χ3v) is 4.92. The van der Waals surface area contributed by atoms with Gasteiger partial charge in [-0.15, -0.1) is 0 Å². The van der Waals surface area contributed by atoms with Gasteiger partial charge in [0.25, 0.3) is 5.91 Å². The minimum atomic E-state index is -0.430. The highest BCUT2D eigenvalue weighted by atomic mass is 16.6. The van der Waals surface area contributed by atoms with Crippen LogP contribution in [0.5, 0.6) is 5.75 Å². The van der Waals surface area contributed by atoms with Gasteiger partial charge in [0, 0.05) is 13.1 Å². The van der Waals surface area contributed by atoms with Crippen LogP contribution in [-0.2, 0) is 22.6 Å². The van der Waals surface area contributed by atoms with Gasteiger partial charge in [-0.05, 0) is 28.8 Å². The normalized spacial score (nSPS) is 17.8. The Kier molecular flexibility index (Phi) is 5.40. The average molecular weight is 373 g/mol. The number of amides is 1. The van der Waals surface area contributed by atoms with E-state index in [0.29, 0.717) is 13.1 Å². The molecule has 0 unspecified atom stereocenters. The number of ether oxygens (including phenoxy) is 2. The quantitative estimate of drug-likeness (QED) is 0.578. The molecule has 3 aromatic carbocycles. The molecule has 0 aliphatic carbocycles. The number of carbonyl (C=O) groups excluding carboxylic acids is 1. The van der Waals surface area contributed by atoms with E-state index in [-0.39, 0.29) is 12.0 Å². The van der Waals surface area contributed by atoms with Crippen LogP contribution in [0.25, 0.3) is 0 Å². The fourth-order valence-corrected chi connectivity index (χ4v) is 3.35. The van der Waals surface area contributed by atoms with Crippen molar-refractivity contribution in [2.75, 3.05) is 7.11 Å². The minimum absolute atomic E-state index is 0.0218. The van der Waals surface area contributed by atoms with E-state index < -0.39 is 6.10 Å². The lowest BCUT2D eigenvalue weighted by molar-refractivity contribution is -0.133. The Labute approximate surface area is 165 Å². The number of nitrogens with zero attached hydrogens (tertiary/aromatic N) is 1. The molecule has 1 amide bonds. The molecule has 1 aliphatic heterocycles. The van der Waals surface area contributed by atoms with E-state index in [9.17, 15) is 4.79 Å². The lowest BCUT2D eigenvalue weighted by atomic mass is 10.1. The third kappa shape index (κ3) is 4.24. The standard InChI is InChI=1S/C24H23NO3/c1-27-21-14-12-20(13-15-21)22-23(28-22)24(26)25(16-18-8-4-2-5-9-18)17-19-10-6-3-7-11-19/h2-15,22-23H,16-17H2,1H3/t22-,23+/m0/s1. The van der Waals surface area contributed by atoms with Gasteiger partial charge in [-0.25, -0.2) is 0 Å². The summed E-state index contributed by atoms with van der Waals surface area (Å²) in [4.78, 5) is 15.1. The molecule has 0 spiro atoms. The number of hydrogen-bond donors (Lipinski definition) is 0. The predicted molar refractivity (Wildman–Crippen MR) is 108 cm³/mol. The van der Waals surface area contributed by atoms with Crippen LogP contribution in [0.15, 0.2) is 84.9 Å². The first-order valence-corrected chi connectivity index (χ1v) is 9.40. The summed E-state index contributed by atoms with van der Waals surface area (Å²) in [6.07, 6.45) is -0.617. The van der Waals surface area contributed by atoms with E-state index in [1.807, 2.05) is 89.8 Å². The molecule has 3 aromatic rings. The molecule has 4 nitrogen and oxygen atoms in total. The minimum Gasteiger partial charge on any atom is -0.497 e. The maximum absolute atomic E-state index is 13.2. The lowest BCUT2D eigenvalue weighted by Gasteiger charge is -2.22. The van der Waals surface area contributed by atoms with Gasteiger partial charge in [0.1, 0.15) is 11.9 Å². The van der Waals surface area contributed by atoms with E-state index in [1.165, 1.54) is 0 Å². The van der Waals surface area contributed by atoms with Gasteiger partial charge in [-0.3, -0.25) is 4.79 Å². The van der Waals surface area contributed by atoms with Crippen LogP contribution < -0.4 is 4.74 Å². The van der Waals surface area contributed by atoms with Crippen molar-refractivity contribution in [3.8, 4) is 5.75 Å². The second-order valence-electron chi connectivity index (χ2n) is 6.92. The highest BCUT2D eigenvalue weighted by molar-refractivity contribution is 5.84. The third-order valence-electron chi connectivity index (χ3n) is 4.92. The van der Waals surface area contributed by atoms with Gasteiger partial charge in [0.2, 0.25) is 0 Å². The van der Waals surface area contributed by atoms with Gasteiger partial charge in [-0.2, -0.15) is 0 Å². The van der Waals surface area contributed by atoms with Crippen LogP contribution in [0, 0.1) is 0 Å². The summed E-state index contributed by atoms with van der Waals surface area (Å²) < 4.78 is 11.0. The Bertz CT molecular complexity index is 868. The molecule has 0 aromatic heterocycles. The highest BCUT2D eigenvalue weighted by Crippen LogP contribution is 2.40. The van der Waals surface area contributed by atoms with Crippen molar-refractivity contribution >= 4 is 5.91 Å². The Morgan fingerprint density at radius 2 is 1.39 bits per heavy atom. The molecule has 142 valence electrons. The summed E-state index contributed by atoms with van der Waals surface area (Å²) in [7, 11) is 1.64. The summed E-state index contributed by atoms with van der Waals surface area (Å²) in [6, 6.07) is 27.8. The van der Waals surface area contributed by atoms with Crippen LogP contribution >= 0.6 is 0 Å². The van der Waals surface area contributed by atoms with Crippen molar-refractivity contribution in [3.05, 3.63) is 102 Å². The van der Waals surface area contributed by atoms with Crippen LogP contribution in [-0.4, -0.2) is 24.0 Å². The lowest BCUT2D eigenvalue weighted by Crippen LogP contribution is -2.33. The van der Waals surface area contributed by atoms with Gasteiger partial charge >= 0.3 is 0 Å². The molecule has 0 saturated carbocycles. The van der Waals surface area contributed by atoms with Gasteiger partial charge in [0.15, 0.2) is 6.10 Å². The molecule has 1 aliphatic rings. The fraction of sp³-hybridized carbons (Fsp3) is 0.208. The summed E-state index contributed by atoms with van der Waals surface area (Å²) in [5, 5.41) is 0. The zero-order valence-corrected chi connectivity index (χ0v) is 15.8. The first-order valence-electron chi connectivity index (χ1n) is 9.40. The molecule has 28 heavy (non-hydrogen) atoms. The molecule has 0 radical (unpaired) electrons. The summed E-state index contributed by atoms with van der Waals surface area (Å²) >= 11 is 0.